The molecule has 1 aliphatic rings. The van der Waals surface area contributed by atoms with Crippen molar-refractivity contribution in [2.24, 2.45) is 0 Å². The zero-order valence-corrected chi connectivity index (χ0v) is 22.9. The lowest BCUT2D eigenvalue weighted by Crippen LogP contribution is -2.45. The molecule has 6 nitrogen and oxygen atoms in total. The number of likely N-dealkylation sites (N-methyl/N-ethyl adjacent to an activating group) is 1. The second-order valence-electron chi connectivity index (χ2n) is 10.6. The lowest BCUT2D eigenvalue weighted by atomic mass is 9.92. The van der Waals surface area contributed by atoms with Crippen molar-refractivity contribution in [3.8, 4) is 0 Å². The first-order valence-corrected chi connectivity index (χ1v) is 13.5. The van der Waals surface area contributed by atoms with Gasteiger partial charge >= 0.3 is 0 Å². The number of rotatable bonds is 7. The van der Waals surface area contributed by atoms with Crippen molar-refractivity contribution < 1.29 is 4.79 Å². The number of aromatic nitrogens is 2. The van der Waals surface area contributed by atoms with Crippen molar-refractivity contribution >= 4 is 23.5 Å². The number of anilines is 1. The molecule has 3 aromatic rings. The number of thioether (sulfide) groups is 1. The van der Waals surface area contributed by atoms with E-state index in [4.69, 9.17) is 9.97 Å². The third kappa shape index (κ3) is 6.86. The molecular weight excluding hydrogens is 466 g/mol. The number of piperazine rings is 1. The molecule has 1 fully saturated rings. The number of carbonyl (C=O) groups is 1. The Kier molecular flexibility index (Phi) is 8.32. The highest BCUT2D eigenvalue weighted by Crippen LogP contribution is 2.29. The molecule has 0 saturated carbocycles. The second-order valence-corrected chi connectivity index (χ2v) is 11.5. The van der Waals surface area contributed by atoms with Crippen LogP contribution in [0.1, 0.15) is 48.0 Å². The van der Waals surface area contributed by atoms with Crippen LogP contribution in [-0.4, -0.2) is 65.9 Å². The molecule has 1 aromatic heterocycles. The van der Waals surface area contributed by atoms with Crippen molar-refractivity contribution in [3.05, 3.63) is 83.0 Å². The predicted molar refractivity (Wildman–Crippen MR) is 149 cm³/mol. The van der Waals surface area contributed by atoms with Gasteiger partial charge in [0.05, 0.1) is 5.69 Å². The average Bonchev–Trinajstić information content (AvgIpc) is 2.87. The van der Waals surface area contributed by atoms with Gasteiger partial charge in [-0.1, -0.05) is 75.0 Å². The van der Waals surface area contributed by atoms with Crippen LogP contribution in [0.25, 0.3) is 0 Å². The van der Waals surface area contributed by atoms with E-state index < -0.39 is 0 Å². The summed E-state index contributed by atoms with van der Waals surface area (Å²) >= 11 is 1.65. The maximum atomic E-state index is 12.9. The zero-order chi connectivity index (χ0) is 25.7. The number of benzene rings is 2. The minimum Gasteiger partial charge on any atom is -0.354 e. The first-order chi connectivity index (χ1) is 17.2. The predicted octanol–water partition coefficient (Wildman–Crippen LogP) is 5.09. The second kappa shape index (κ2) is 11.4. The van der Waals surface area contributed by atoms with E-state index in [9.17, 15) is 4.79 Å². The average molecular weight is 504 g/mol. The zero-order valence-electron chi connectivity index (χ0n) is 22.1. The van der Waals surface area contributed by atoms with Gasteiger partial charge < -0.3 is 14.7 Å². The summed E-state index contributed by atoms with van der Waals surface area (Å²) in [6.45, 7) is 11.2. The van der Waals surface area contributed by atoms with Gasteiger partial charge in [-0.15, -0.1) is 0 Å². The van der Waals surface area contributed by atoms with Crippen LogP contribution in [0.15, 0.2) is 65.8 Å². The topological polar surface area (TPSA) is 52.6 Å². The van der Waals surface area contributed by atoms with Crippen LogP contribution in [0.2, 0.25) is 0 Å². The molecule has 1 saturated heterocycles. The fourth-order valence-corrected chi connectivity index (χ4v) is 4.91. The molecule has 1 amide bonds. The number of nitrogens with zero attached hydrogens (tertiary/aromatic N) is 5. The molecular formula is C29H37N5OS. The minimum atomic E-state index is -0.0482. The van der Waals surface area contributed by atoms with E-state index in [1.807, 2.05) is 61.6 Å². The van der Waals surface area contributed by atoms with Crippen LogP contribution in [0.4, 0.5) is 5.82 Å². The van der Waals surface area contributed by atoms with Crippen molar-refractivity contribution in [1.82, 2.24) is 19.8 Å². The highest BCUT2D eigenvalue weighted by molar-refractivity contribution is 7.98. The fraction of sp³-hybridized carbons (Fsp3) is 0.414. The summed E-state index contributed by atoms with van der Waals surface area (Å²) in [6, 6.07) is 20.1. The maximum absolute atomic E-state index is 12.9. The first-order valence-electron chi connectivity index (χ1n) is 12.5. The van der Waals surface area contributed by atoms with Gasteiger partial charge in [0.1, 0.15) is 5.82 Å². The van der Waals surface area contributed by atoms with Gasteiger partial charge in [0, 0.05) is 62.6 Å². The Morgan fingerprint density at radius 1 is 0.944 bits per heavy atom. The van der Waals surface area contributed by atoms with E-state index in [-0.39, 0.29) is 11.3 Å². The van der Waals surface area contributed by atoms with Gasteiger partial charge in [0.25, 0.3) is 5.91 Å². The Hall–Kier alpha value is -2.90. The van der Waals surface area contributed by atoms with Gasteiger partial charge in [0.15, 0.2) is 5.16 Å². The fourth-order valence-electron chi connectivity index (χ4n) is 4.10. The van der Waals surface area contributed by atoms with Gasteiger partial charge in [-0.3, -0.25) is 4.79 Å². The van der Waals surface area contributed by atoms with Crippen LogP contribution in [0, 0.1) is 0 Å². The van der Waals surface area contributed by atoms with Gasteiger partial charge in [-0.2, -0.15) is 0 Å². The van der Waals surface area contributed by atoms with E-state index in [0.717, 1.165) is 59.7 Å². The summed E-state index contributed by atoms with van der Waals surface area (Å²) in [7, 11) is 4.01. The summed E-state index contributed by atoms with van der Waals surface area (Å²) in [5.74, 6) is 1.80. The standard InChI is InChI=1S/C29H37N5OS/c1-29(2,3)25-19-26(34-17-15-32(4)16-18-34)31-28(30-25)36-21-23-11-13-24(14-12-23)27(35)33(5)20-22-9-7-6-8-10-22/h6-14,19H,15-18,20-21H2,1-5H3. The highest BCUT2D eigenvalue weighted by Gasteiger charge is 2.22. The molecule has 36 heavy (non-hydrogen) atoms. The van der Waals surface area contributed by atoms with E-state index in [0.29, 0.717) is 12.1 Å². The Labute approximate surface area is 219 Å². The number of amides is 1. The number of hydrogen-bond donors (Lipinski definition) is 0. The van der Waals surface area contributed by atoms with E-state index in [2.05, 4.69) is 43.7 Å². The summed E-state index contributed by atoms with van der Waals surface area (Å²) in [4.78, 5) is 29.2. The molecule has 0 bridgehead atoms. The minimum absolute atomic E-state index is 0.0242. The van der Waals surface area contributed by atoms with Crippen LogP contribution < -0.4 is 4.90 Å². The van der Waals surface area contributed by atoms with E-state index >= 15 is 0 Å². The van der Waals surface area contributed by atoms with E-state index in [1.165, 1.54) is 0 Å². The SMILES string of the molecule is CN1CCN(c2cc(C(C)(C)C)nc(SCc3ccc(C(=O)N(C)Cc4ccccc4)cc3)n2)CC1. The van der Waals surface area contributed by atoms with Crippen molar-refractivity contribution in [2.45, 2.75) is 43.6 Å². The van der Waals surface area contributed by atoms with Gasteiger partial charge in [-0.25, -0.2) is 9.97 Å². The summed E-state index contributed by atoms with van der Waals surface area (Å²) in [5, 5.41) is 0.805. The number of hydrogen-bond acceptors (Lipinski definition) is 6. The van der Waals surface area contributed by atoms with Crippen molar-refractivity contribution in [3.63, 3.8) is 0 Å². The quantitative estimate of drug-likeness (QED) is 0.331. The van der Waals surface area contributed by atoms with Crippen molar-refractivity contribution in [1.29, 1.82) is 0 Å². The monoisotopic (exact) mass is 503 g/mol. The van der Waals surface area contributed by atoms with Crippen LogP contribution in [-0.2, 0) is 17.7 Å². The molecule has 0 spiro atoms. The third-order valence-electron chi connectivity index (χ3n) is 6.47. The molecule has 7 heteroatoms. The molecule has 190 valence electrons. The molecule has 0 N–H and O–H groups in total. The largest absolute Gasteiger partial charge is 0.354 e. The molecule has 0 unspecified atom stereocenters. The maximum Gasteiger partial charge on any atom is 0.253 e. The lowest BCUT2D eigenvalue weighted by Gasteiger charge is -2.34. The Morgan fingerprint density at radius 2 is 1.61 bits per heavy atom. The lowest BCUT2D eigenvalue weighted by molar-refractivity contribution is 0.0785. The Bertz CT molecular complexity index is 1150. The summed E-state index contributed by atoms with van der Waals surface area (Å²) in [6.07, 6.45) is 0. The molecule has 0 radical (unpaired) electrons. The van der Waals surface area contributed by atoms with E-state index in [1.54, 1.807) is 16.7 Å². The smallest absolute Gasteiger partial charge is 0.253 e. The molecule has 4 rings (SSSR count). The number of carbonyl (C=O) groups excluding carboxylic acids is 1. The van der Waals surface area contributed by atoms with Gasteiger partial charge in [-0.05, 0) is 30.3 Å². The third-order valence-corrected chi connectivity index (χ3v) is 7.38. The Balaban J connectivity index is 1.42. The molecule has 0 aliphatic carbocycles. The molecule has 2 heterocycles. The summed E-state index contributed by atoms with van der Waals surface area (Å²) < 4.78 is 0. The Morgan fingerprint density at radius 3 is 2.25 bits per heavy atom. The molecule has 1 aliphatic heterocycles. The highest BCUT2D eigenvalue weighted by atomic mass is 32.2. The van der Waals surface area contributed by atoms with Gasteiger partial charge in [0.2, 0.25) is 0 Å². The normalized spacial score (nSPS) is 14.6. The van der Waals surface area contributed by atoms with Crippen LogP contribution in [0.5, 0.6) is 0 Å². The molecule has 0 atom stereocenters. The first kappa shape index (κ1) is 26.2. The molecule has 2 aromatic carbocycles. The summed E-state index contributed by atoms with van der Waals surface area (Å²) in [5.41, 5.74) is 3.98. The van der Waals surface area contributed by atoms with Crippen LogP contribution >= 0.6 is 11.8 Å². The van der Waals surface area contributed by atoms with Crippen LogP contribution in [0.3, 0.4) is 0 Å². The van der Waals surface area contributed by atoms with Crippen molar-refractivity contribution in [2.75, 3.05) is 45.2 Å².